The van der Waals surface area contributed by atoms with Crippen molar-refractivity contribution < 1.29 is 0 Å². The van der Waals surface area contributed by atoms with Crippen molar-refractivity contribution in [1.29, 1.82) is 0 Å². The van der Waals surface area contributed by atoms with Crippen LogP contribution in [0.2, 0.25) is 0 Å². The number of rotatable bonds is 2. The Hall–Kier alpha value is -2.31. The largest absolute Gasteiger partial charge is 0.332 e. The summed E-state index contributed by atoms with van der Waals surface area (Å²) in [4.78, 5) is 0. The van der Waals surface area contributed by atoms with Gasteiger partial charge in [0, 0.05) is 16.9 Å². The van der Waals surface area contributed by atoms with Crippen LogP contribution in [0.5, 0.6) is 0 Å². The average molecular weight is 280 g/mol. The molecule has 100 valence electrons. The van der Waals surface area contributed by atoms with Crippen molar-refractivity contribution in [2.24, 2.45) is 0 Å². The molecule has 0 aliphatic rings. The summed E-state index contributed by atoms with van der Waals surface area (Å²) in [6, 6.07) is 13.7. The lowest BCUT2D eigenvalue weighted by molar-refractivity contribution is 1.34. The third-order valence-corrected chi connectivity index (χ3v) is 3.28. The summed E-state index contributed by atoms with van der Waals surface area (Å²) >= 11 is 5.29. The summed E-state index contributed by atoms with van der Waals surface area (Å²) in [6.07, 6.45) is 5.32. The highest BCUT2D eigenvalue weighted by atomic mass is 32.1. The number of hydrogen-bond acceptors (Lipinski definition) is 1. The molecule has 0 aliphatic heterocycles. The Kier molecular flexibility index (Phi) is 4.39. The Bertz CT molecular complexity index is 666. The molecule has 20 heavy (non-hydrogen) atoms. The molecule has 0 heterocycles. The van der Waals surface area contributed by atoms with Crippen LogP contribution in [0.1, 0.15) is 16.7 Å². The summed E-state index contributed by atoms with van der Waals surface area (Å²) in [5.74, 6) is 2.58. The molecule has 0 atom stereocenters. The Morgan fingerprint density at radius 3 is 2.15 bits per heavy atom. The zero-order valence-electron chi connectivity index (χ0n) is 11.5. The van der Waals surface area contributed by atoms with Crippen molar-refractivity contribution in [2.45, 2.75) is 13.8 Å². The zero-order chi connectivity index (χ0) is 14.5. The maximum atomic E-state index is 5.32. The monoisotopic (exact) mass is 280 g/mol. The summed E-state index contributed by atoms with van der Waals surface area (Å²) < 4.78 is 0. The summed E-state index contributed by atoms with van der Waals surface area (Å²) in [6.45, 7) is 4.16. The van der Waals surface area contributed by atoms with Gasteiger partial charge in [0.1, 0.15) is 0 Å². The lowest BCUT2D eigenvalue weighted by Gasteiger charge is -2.12. The fraction of sp³-hybridized carbons (Fsp3) is 0.118. The standard InChI is InChI=1S/C17H16N2S/c1-4-14-6-9-15(10-7-14)18-17(20)19-16-8-5-12(2)13(3)11-16/h1,5-11H,2-3H3,(H2,18,19,20). The average Bonchev–Trinajstić information content (AvgIpc) is 2.44. The minimum atomic E-state index is 0.557. The number of benzene rings is 2. The second-order valence-corrected chi connectivity index (χ2v) is 5.01. The minimum Gasteiger partial charge on any atom is -0.332 e. The predicted molar refractivity (Wildman–Crippen MR) is 90.1 cm³/mol. The summed E-state index contributed by atoms with van der Waals surface area (Å²) in [7, 11) is 0. The number of hydrogen-bond donors (Lipinski definition) is 2. The van der Waals surface area contributed by atoms with Crippen molar-refractivity contribution in [3.05, 3.63) is 59.2 Å². The van der Waals surface area contributed by atoms with Crippen LogP contribution in [0.3, 0.4) is 0 Å². The first-order chi connectivity index (χ1) is 9.58. The third-order valence-electron chi connectivity index (χ3n) is 3.07. The number of nitrogens with one attached hydrogen (secondary N) is 2. The molecular weight excluding hydrogens is 264 g/mol. The zero-order valence-corrected chi connectivity index (χ0v) is 12.3. The smallest absolute Gasteiger partial charge is 0.175 e. The molecule has 0 radical (unpaired) electrons. The van der Waals surface area contributed by atoms with E-state index in [1.807, 2.05) is 30.3 Å². The van der Waals surface area contributed by atoms with Gasteiger partial charge in [0.15, 0.2) is 5.11 Å². The van der Waals surface area contributed by atoms with Gasteiger partial charge in [-0.3, -0.25) is 0 Å². The lowest BCUT2D eigenvalue weighted by atomic mass is 10.1. The van der Waals surface area contributed by atoms with Gasteiger partial charge in [-0.25, -0.2) is 0 Å². The molecule has 2 rings (SSSR count). The van der Waals surface area contributed by atoms with Gasteiger partial charge in [-0.15, -0.1) is 6.42 Å². The molecule has 0 unspecified atom stereocenters. The van der Waals surface area contributed by atoms with E-state index in [4.69, 9.17) is 18.6 Å². The van der Waals surface area contributed by atoms with Crippen LogP contribution in [0.15, 0.2) is 42.5 Å². The highest BCUT2D eigenvalue weighted by Gasteiger charge is 2.00. The van der Waals surface area contributed by atoms with E-state index >= 15 is 0 Å². The van der Waals surface area contributed by atoms with E-state index in [0.717, 1.165) is 16.9 Å². The van der Waals surface area contributed by atoms with Crippen molar-refractivity contribution >= 4 is 28.7 Å². The molecule has 2 aromatic rings. The maximum Gasteiger partial charge on any atom is 0.175 e. The van der Waals surface area contributed by atoms with Gasteiger partial charge >= 0.3 is 0 Å². The molecule has 2 aromatic carbocycles. The van der Waals surface area contributed by atoms with Crippen LogP contribution < -0.4 is 10.6 Å². The van der Waals surface area contributed by atoms with Crippen LogP contribution in [-0.4, -0.2) is 5.11 Å². The van der Waals surface area contributed by atoms with E-state index in [2.05, 4.69) is 42.5 Å². The SMILES string of the molecule is C#Cc1ccc(NC(=S)Nc2ccc(C)c(C)c2)cc1. The van der Waals surface area contributed by atoms with Crippen LogP contribution >= 0.6 is 12.2 Å². The van der Waals surface area contributed by atoms with Gasteiger partial charge in [-0.1, -0.05) is 12.0 Å². The van der Waals surface area contributed by atoms with Crippen LogP contribution in [0, 0.1) is 26.2 Å². The van der Waals surface area contributed by atoms with E-state index in [1.165, 1.54) is 11.1 Å². The van der Waals surface area contributed by atoms with E-state index in [-0.39, 0.29) is 0 Å². The summed E-state index contributed by atoms with van der Waals surface area (Å²) in [5, 5.41) is 6.85. The summed E-state index contributed by atoms with van der Waals surface area (Å²) in [5.41, 5.74) is 5.23. The van der Waals surface area contributed by atoms with Crippen molar-refractivity contribution in [1.82, 2.24) is 0 Å². The quantitative estimate of drug-likeness (QED) is 0.640. The van der Waals surface area contributed by atoms with Crippen LogP contribution in [0.25, 0.3) is 0 Å². The molecule has 0 fully saturated rings. The van der Waals surface area contributed by atoms with Crippen LogP contribution in [-0.2, 0) is 0 Å². The fourth-order valence-corrected chi connectivity index (χ4v) is 2.00. The van der Waals surface area contributed by atoms with Gasteiger partial charge in [-0.05, 0) is 73.6 Å². The molecule has 0 aromatic heterocycles. The molecule has 0 saturated heterocycles. The molecular formula is C17H16N2S. The highest BCUT2D eigenvalue weighted by molar-refractivity contribution is 7.80. The topological polar surface area (TPSA) is 24.1 Å². The molecule has 2 N–H and O–H groups in total. The van der Waals surface area contributed by atoms with Gasteiger partial charge in [-0.2, -0.15) is 0 Å². The second-order valence-electron chi connectivity index (χ2n) is 4.60. The van der Waals surface area contributed by atoms with Crippen LogP contribution in [0.4, 0.5) is 11.4 Å². The Morgan fingerprint density at radius 1 is 0.950 bits per heavy atom. The molecule has 0 saturated carbocycles. The van der Waals surface area contributed by atoms with E-state index in [1.54, 1.807) is 0 Å². The van der Waals surface area contributed by atoms with Gasteiger partial charge in [0.05, 0.1) is 0 Å². The Labute approximate surface area is 125 Å². The van der Waals surface area contributed by atoms with E-state index in [0.29, 0.717) is 5.11 Å². The lowest BCUT2D eigenvalue weighted by Crippen LogP contribution is -2.19. The first-order valence-corrected chi connectivity index (χ1v) is 6.71. The van der Waals surface area contributed by atoms with Gasteiger partial charge < -0.3 is 10.6 Å². The molecule has 0 bridgehead atoms. The van der Waals surface area contributed by atoms with Gasteiger partial charge in [0.25, 0.3) is 0 Å². The Morgan fingerprint density at radius 2 is 1.55 bits per heavy atom. The van der Waals surface area contributed by atoms with Crippen molar-refractivity contribution in [2.75, 3.05) is 10.6 Å². The minimum absolute atomic E-state index is 0.557. The first kappa shape index (κ1) is 14.1. The number of thiocarbonyl (C=S) groups is 1. The van der Waals surface area contributed by atoms with Gasteiger partial charge in [0.2, 0.25) is 0 Å². The maximum absolute atomic E-state index is 5.32. The van der Waals surface area contributed by atoms with Crippen molar-refractivity contribution in [3.8, 4) is 12.3 Å². The predicted octanol–water partition coefficient (Wildman–Crippen LogP) is 4.09. The number of aryl methyl sites for hydroxylation is 2. The molecule has 0 amide bonds. The number of terminal acetylenes is 1. The normalized spacial score (nSPS) is 9.65. The van der Waals surface area contributed by atoms with E-state index < -0.39 is 0 Å². The molecule has 0 aliphatic carbocycles. The second kappa shape index (κ2) is 6.23. The molecule has 2 nitrogen and oxygen atoms in total. The third kappa shape index (κ3) is 3.59. The fourth-order valence-electron chi connectivity index (χ4n) is 1.76. The van der Waals surface area contributed by atoms with E-state index in [9.17, 15) is 0 Å². The molecule has 3 heteroatoms. The van der Waals surface area contributed by atoms with Crippen molar-refractivity contribution in [3.63, 3.8) is 0 Å². The Balaban J connectivity index is 2.01. The highest BCUT2D eigenvalue weighted by Crippen LogP contribution is 2.15. The number of anilines is 2. The first-order valence-electron chi connectivity index (χ1n) is 6.30. The molecule has 0 spiro atoms.